The van der Waals surface area contributed by atoms with Crippen LogP contribution in [-0.4, -0.2) is 0 Å². The Morgan fingerprint density at radius 1 is 0.214 bits per heavy atom. The van der Waals surface area contributed by atoms with Gasteiger partial charge in [0.05, 0.1) is 17.1 Å². The molecule has 0 aliphatic rings. The smallest absolute Gasteiger partial charge is 0.0540 e. The van der Waals surface area contributed by atoms with E-state index in [1.165, 1.54) is 70.7 Å². The highest BCUT2D eigenvalue weighted by atomic mass is 15.1. The minimum atomic E-state index is 1.11. The minimum Gasteiger partial charge on any atom is -0.310 e. The van der Waals surface area contributed by atoms with E-state index in [9.17, 15) is 0 Å². The summed E-state index contributed by atoms with van der Waals surface area (Å²) in [6.45, 7) is 0. The molecule has 56 heavy (non-hydrogen) atoms. The fourth-order valence-corrected chi connectivity index (χ4v) is 8.74. The third kappa shape index (κ3) is 5.26. The highest BCUT2D eigenvalue weighted by Crippen LogP contribution is 2.46. The van der Waals surface area contributed by atoms with Crippen LogP contribution in [0.2, 0.25) is 0 Å². The molecule has 0 amide bonds. The third-order valence-electron chi connectivity index (χ3n) is 11.4. The molecule has 0 N–H and O–H groups in total. The van der Waals surface area contributed by atoms with Crippen molar-refractivity contribution < 1.29 is 0 Å². The standard InChI is InChI=1S/C54H36N2/c1-2-17-44(18-3-1)55(50-21-9-13-39-11-4-6-19-47(39)50)45-31-25-37(26-32-45)38-27-33-46(34-28-38)56(51-22-10-14-40-12-5-7-20-48(40)51)52-36-30-43-24-23-41-15-8-16-42-29-35-49(52)54(43)53(41)42/h1-36H. The summed E-state index contributed by atoms with van der Waals surface area (Å²) < 4.78 is 0. The Morgan fingerprint density at radius 3 is 1.25 bits per heavy atom. The van der Waals surface area contributed by atoms with Crippen molar-refractivity contribution in [2.45, 2.75) is 0 Å². The SMILES string of the molecule is c1ccc(N(c2ccc(-c3ccc(N(c4cccc5ccccc45)c4ccc5ccc6cccc7ccc4c5c67)cc3)cc2)c2cccc3ccccc23)cc1. The fraction of sp³-hybridized carbons (Fsp3) is 0. The first-order valence-corrected chi connectivity index (χ1v) is 19.3. The number of para-hydroxylation sites is 1. The predicted molar refractivity (Wildman–Crippen MR) is 240 cm³/mol. The van der Waals surface area contributed by atoms with Crippen molar-refractivity contribution in [2.75, 3.05) is 9.80 Å². The molecule has 0 aliphatic heterocycles. The Kier molecular flexibility index (Phi) is 7.53. The maximum absolute atomic E-state index is 2.45. The molecule has 262 valence electrons. The second-order valence-electron chi connectivity index (χ2n) is 14.5. The molecule has 0 bridgehead atoms. The molecule has 0 fully saturated rings. The number of hydrogen-bond donors (Lipinski definition) is 0. The molecular weight excluding hydrogens is 677 g/mol. The van der Waals surface area contributed by atoms with Crippen molar-refractivity contribution in [3.8, 4) is 11.1 Å². The average molecular weight is 713 g/mol. The first-order chi connectivity index (χ1) is 27.8. The van der Waals surface area contributed by atoms with Crippen molar-refractivity contribution >= 4 is 88.0 Å². The van der Waals surface area contributed by atoms with E-state index in [1.807, 2.05) is 0 Å². The van der Waals surface area contributed by atoms with Crippen LogP contribution < -0.4 is 9.80 Å². The molecule has 0 radical (unpaired) electrons. The zero-order valence-electron chi connectivity index (χ0n) is 30.7. The van der Waals surface area contributed by atoms with Crippen molar-refractivity contribution in [3.05, 3.63) is 218 Å². The highest BCUT2D eigenvalue weighted by Gasteiger charge is 2.21. The lowest BCUT2D eigenvalue weighted by atomic mass is 9.93. The van der Waals surface area contributed by atoms with Crippen LogP contribution >= 0.6 is 0 Å². The van der Waals surface area contributed by atoms with Crippen LogP contribution in [0.25, 0.3) is 65.0 Å². The minimum absolute atomic E-state index is 1.11. The van der Waals surface area contributed by atoms with Crippen LogP contribution in [0.1, 0.15) is 0 Å². The molecule has 0 unspecified atom stereocenters. The molecular formula is C54H36N2. The van der Waals surface area contributed by atoms with Gasteiger partial charge >= 0.3 is 0 Å². The largest absolute Gasteiger partial charge is 0.310 e. The number of fused-ring (bicyclic) bond motifs is 2. The Morgan fingerprint density at radius 2 is 0.625 bits per heavy atom. The van der Waals surface area contributed by atoms with Gasteiger partial charge in [-0.3, -0.25) is 0 Å². The molecule has 0 heterocycles. The number of nitrogens with zero attached hydrogens (tertiary/aromatic N) is 2. The topological polar surface area (TPSA) is 6.48 Å². The normalized spacial score (nSPS) is 11.6. The van der Waals surface area contributed by atoms with Crippen LogP contribution in [-0.2, 0) is 0 Å². The summed E-state index contributed by atoms with van der Waals surface area (Å²) in [4.78, 5) is 4.80. The van der Waals surface area contributed by atoms with E-state index in [1.54, 1.807) is 0 Å². The summed E-state index contributed by atoms with van der Waals surface area (Å²) in [7, 11) is 0. The number of rotatable bonds is 7. The van der Waals surface area contributed by atoms with Gasteiger partial charge in [0.1, 0.15) is 0 Å². The van der Waals surface area contributed by atoms with Crippen molar-refractivity contribution in [2.24, 2.45) is 0 Å². The van der Waals surface area contributed by atoms with Crippen LogP contribution in [0, 0.1) is 0 Å². The average Bonchev–Trinajstić information content (AvgIpc) is 3.27. The molecule has 11 rings (SSSR count). The first kappa shape index (κ1) is 32.0. The highest BCUT2D eigenvalue weighted by molar-refractivity contribution is 6.26. The molecule has 0 saturated heterocycles. The van der Waals surface area contributed by atoms with Gasteiger partial charge in [0, 0.05) is 33.2 Å². The van der Waals surface area contributed by atoms with Crippen molar-refractivity contribution in [1.82, 2.24) is 0 Å². The van der Waals surface area contributed by atoms with Crippen LogP contribution in [0.5, 0.6) is 0 Å². The van der Waals surface area contributed by atoms with E-state index in [-0.39, 0.29) is 0 Å². The van der Waals surface area contributed by atoms with E-state index in [0.29, 0.717) is 0 Å². The fourth-order valence-electron chi connectivity index (χ4n) is 8.74. The summed E-state index contributed by atoms with van der Waals surface area (Å²) in [6.07, 6.45) is 0. The van der Waals surface area contributed by atoms with Crippen LogP contribution in [0.15, 0.2) is 218 Å². The summed E-state index contributed by atoms with van der Waals surface area (Å²) in [6, 6.07) is 79.4. The third-order valence-corrected chi connectivity index (χ3v) is 11.4. The number of hydrogen-bond acceptors (Lipinski definition) is 2. The summed E-state index contributed by atoms with van der Waals surface area (Å²) in [5.74, 6) is 0. The number of benzene rings is 11. The lowest BCUT2D eigenvalue weighted by molar-refractivity contribution is 1.30. The zero-order chi connectivity index (χ0) is 37.0. The molecule has 0 aliphatic carbocycles. The van der Waals surface area contributed by atoms with Gasteiger partial charge in [-0.15, -0.1) is 0 Å². The monoisotopic (exact) mass is 712 g/mol. The second kappa shape index (κ2) is 13.2. The number of anilines is 6. The van der Waals surface area contributed by atoms with Gasteiger partial charge in [-0.2, -0.15) is 0 Å². The summed E-state index contributed by atoms with van der Waals surface area (Å²) >= 11 is 0. The van der Waals surface area contributed by atoms with Crippen molar-refractivity contribution in [3.63, 3.8) is 0 Å². The van der Waals surface area contributed by atoms with Gasteiger partial charge in [0.2, 0.25) is 0 Å². The van der Waals surface area contributed by atoms with E-state index < -0.39 is 0 Å². The molecule has 0 aromatic heterocycles. The maximum Gasteiger partial charge on any atom is 0.0540 e. The maximum atomic E-state index is 2.45. The van der Waals surface area contributed by atoms with Gasteiger partial charge in [-0.25, -0.2) is 0 Å². The van der Waals surface area contributed by atoms with E-state index in [4.69, 9.17) is 0 Å². The van der Waals surface area contributed by atoms with Gasteiger partial charge in [-0.05, 0) is 103 Å². The lowest BCUT2D eigenvalue weighted by Crippen LogP contribution is -2.11. The Hall–Kier alpha value is -7.42. The zero-order valence-corrected chi connectivity index (χ0v) is 30.7. The molecule has 0 spiro atoms. The summed E-state index contributed by atoms with van der Waals surface area (Å²) in [5.41, 5.74) is 9.18. The second-order valence-corrected chi connectivity index (χ2v) is 14.5. The van der Waals surface area contributed by atoms with Gasteiger partial charge in [0.25, 0.3) is 0 Å². The van der Waals surface area contributed by atoms with Gasteiger partial charge in [-0.1, -0.05) is 164 Å². The van der Waals surface area contributed by atoms with E-state index in [2.05, 4.69) is 228 Å². The first-order valence-electron chi connectivity index (χ1n) is 19.3. The molecule has 2 heteroatoms. The molecule has 2 nitrogen and oxygen atoms in total. The van der Waals surface area contributed by atoms with E-state index in [0.717, 1.165) is 28.4 Å². The quantitative estimate of drug-likeness (QED) is 0.152. The van der Waals surface area contributed by atoms with Crippen molar-refractivity contribution in [1.29, 1.82) is 0 Å². The Bertz CT molecular complexity index is 3160. The Balaban J connectivity index is 1.02. The summed E-state index contributed by atoms with van der Waals surface area (Å²) in [5, 5.41) is 12.6. The van der Waals surface area contributed by atoms with E-state index >= 15 is 0 Å². The van der Waals surface area contributed by atoms with Gasteiger partial charge in [0.15, 0.2) is 0 Å². The van der Waals surface area contributed by atoms with Crippen LogP contribution in [0.3, 0.4) is 0 Å². The van der Waals surface area contributed by atoms with Gasteiger partial charge < -0.3 is 9.80 Å². The van der Waals surface area contributed by atoms with Crippen LogP contribution in [0.4, 0.5) is 34.1 Å². The molecule has 11 aromatic rings. The molecule has 0 saturated carbocycles. The molecule has 0 atom stereocenters. The lowest BCUT2D eigenvalue weighted by Gasteiger charge is -2.29. The Labute approximate surface area is 326 Å². The predicted octanol–water partition coefficient (Wildman–Crippen LogP) is 15.5. The molecule has 11 aromatic carbocycles.